The van der Waals surface area contributed by atoms with Crippen molar-refractivity contribution in [3.63, 3.8) is 0 Å². The van der Waals surface area contributed by atoms with Crippen LogP contribution in [0, 0.1) is 5.92 Å². The highest BCUT2D eigenvalue weighted by Gasteiger charge is 2.37. The molecule has 1 aromatic rings. The molecule has 4 heteroatoms. The number of rotatable bonds is 2. The van der Waals surface area contributed by atoms with Crippen LogP contribution in [-0.4, -0.2) is 23.3 Å². The van der Waals surface area contributed by atoms with E-state index in [1.165, 1.54) is 19.2 Å². The fraction of sp³-hybridized carbons (Fsp3) is 0.533. The Hall–Kier alpha value is -1.71. The van der Waals surface area contributed by atoms with Crippen LogP contribution in [0.5, 0.6) is 11.5 Å². The molecule has 104 valence electrons. The van der Waals surface area contributed by atoms with E-state index in [-0.39, 0.29) is 28.8 Å². The number of esters is 1. The second kappa shape index (κ2) is 5.11. The zero-order valence-corrected chi connectivity index (χ0v) is 11.3. The molecule has 0 aromatic heterocycles. The molecule has 0 atom stereocenters. The van der Waals surface area contributed by atoms with E-state index in [0.29, 0.717) is 0 Å². The molecule has 0 saturated heterocycles. The Bertz CT molecular complexity index is 473. The summed E-state index contributed by atoms with van der Waals surface area (Å²) in [6.45, 7) is 2.06. The number of ether oxygens (including phenoxy) is 1. The first-order valence-corrected chi connectivity index (χ1v) is 6.56. The Labute approximate surface area is 113 Å². The van der Waals surface area contributed by atoms with Crippen LogP contribution >= 0.6 is 0 Å². The predicted octanol–water partition coefficient (Wildman–Crippen LogP) is 2.72. The molecule has 1 fully saturated rings. The molecule has 0 bridgehead atoms. The molecule has 2 N–H and O–H groups in total. The highest BCUT2D eigenvalue weighted by Crippen LogP contribution is 2.45. The van der Waals surface area contributed by atoms with Crippen molar-refractivity contribution in [1.82, 2.24) is 0 Å². The molecule has 2 rings (SSSR count). The van der Waals surface area contributed by atoms with Crippen LogP contribution in [0.25, 0.3) is 0 Å². The minimum atomic E-state index is -0.201. The van der Waals surface area contributed by atoms with Gasteiger partial charge in [0.05, 0.1) is 13.0 Å². The molecular weight excluding hydrogens is 244 g/mol. The fourth-order valence-electron chi connectivity index (χ4n) is 2.93. The van der Waals surface area contributed by atoms with Crippen molar-refractivity contribution < 1.29 is 19.7 Å². The van der Waals surface area contributed by atoms with Gasteiger partial charge in [0.15, 0.2) is 0 Å². The summed E-state index contributed by atoms with van der Waals surface area (Å²) in [5, 5.41) is 19.5. The van der Waals surface area contributed by atoms with Crippen molar-refractivity contribution in [2.75, 3.05) is 7.11 Å². The van der Waals surface area contributed by atoms with Crippen LogP contribution in [0.2, 0.25) is 0 Å². The van der Waals surface area contributed by atoms with Crippen LogP contribution in [0.4, 0.5) is 0 Å². The van der Waals surface area contributed by atoms with Gasteiger partial charge < -0.3 is 14.9 Å². The van der Waals surface area contributed by atoms with E-state index in [1.807, 2.05) is 0 Å². The number of carbonyl (C=O) groups is 1. The van der Waals surface area contributed by atoms with Gasteiger partial charge in [0.1, 0.15) is 11.5 Å². The first-order valence-electron chi connectivity index (χ1n) is 6.56. The maximum atomic E-state index is 11.5. The second-order valence-electron chi connectivity index (χ2n) is 5.56. The van der Waals surface area contributed by atoms with Gasteiger partial charge in [-0.05, 0) is 49.3 Å². The molecule has 1 saturated carbocycles. The minimum Gasteiger partial charge on any atom is -0.508 e. The van der Waals surface area contributed by atoms with Gasteiger partial charge in [-0.25, -0.2) is 0 Å². The SMILES string of the molecule is COC(=O)C1CCC(C)(c2cc(O)ccc2O)CC1. The smallest absolute Gasteiger partial charge is 0.308 e. The van der Waals surface area contributed by atoms with Gasteiger partial charge >= 0.3 is 5.97 Å². The summed E-state index contributed by atoms with van der Waals surface area (Å²) >= 11 is 0. The lowest BCUT2D eigenvalue weighted by atomic mass is 9.67. The van der Waals surface area contributed by atoms with Crippen LogP contribution < -0.4 is 0 Å². The molecule has 0 amide bonds. The molecule has 19 heavy (non-hydrogen) atoms. The Morgan fingerprint density at radius 2 is 1.95 bits per heavy atom. The van der Waals surface area contributed by atoms with Crippen LogP contribution in [-0.2, 0) is 14.9 Å². The molecule has 0 spiro atoms. The Balaban J connectivity index is 2.17. The third-order valence-electron chi connectivity index (χ3n) is 4.25. The third kappa shape index (κ3) is 2.67. The molecule has 4 nitrogen and oxygen atoms in total. The molecule has 0 unspecified atom stereocenters. The fourth-order valence-corrected chi connectivity index (χ4v) is 2.93. The number of phenols is 2. The molecular formula is C15H20O4. The summed E-state index contributed by atoms with van der Waals surface area (Å²) in [6, 6.07) is 4.61. The number of methoxy groups -OCH3 is 1. The van der Waals surface area contributed by atoms with E-state index in [0.717, 1.165) is 31.2 Å². The average molecular weight is 264 g/mol. The lowest BCUT2D eigenvalue weighted by molar-refractivity contribution is -0.146. The second-order valence-corrected chi connectivity index (χ2v) is 5.56. The summed E-state index contributed by atoms with van der Waals surface area (Å²) in [4.78, 5) is 11.5. The van der Waals surface area contributed by atoms with Gasteiger partial charge in [0.25, 0.3) is 0 Å². The first kappa shape index (κ1) is 13.7. The van der Waals surface area contributed by atoms with Crippen molar-refractivity contribution >= 4 is 5.97 Å². The molecule has 0 heterocycles. The summed E-state index contributed by atoms with van der Waals surface area (Å²) in [6.07, 6.45) is 3.09. The molecule has 1 aliphatic rings. The normalized spacial score (nSPS) is 26.9. The number of hydrogen-bond donors (Lipinski definition) is 2. The number of benzene rings is 1. The maximum absolute atomic E-state index is 11.5. The lowest BCUT2D eigenvalue weighted by Crippen LogP contribution is -2.32. The van der Waals surface area contributed by atoms with E-state index in [4.69, 9.17) is 4.74 Å². The van der Waals surface area contributed by atoms with Crippen molar-refractivity contribution in [3.05, 3.63) is 23.8 Å². The summed E-state index contributed by atoms with van der Waals surface area (Å²) in [5.74, 6) is 0.167. The third-order valence-corrected chi connectivity index (χ3v) is 4.25. The zero-order chi connectivity index (χ0) is 14.0. The van der Waals surface area contributed by atoms with E-state index in [9.17, 15) is 15.0 Å². The number of phenolic OH excluding ortho intramolecular Hbond substituents is 2. The van der Waals surface area contributed by atoms with E-state index in [1.54, 1.807) is 6.07 Å². The average Bonchev–Trinajstić information content (AvgIpc) is 2.41. The quantitative estimate of drug-likeness (QED) is 0.636. The van der Waals surface area contributed by atoms with Gasteiger partial charge in [-0.15, -0.1) is 0 Å². The Morgan fingerprint density at radius 1 is 1.32 bits per heavy atom. The highest BCUT2D eigenvalue weighted by molar-refractivity contribution is 5.72. The van der Waals surface area contributed by atoms with E-state index in [2.05, 4.69) is 6.92 Å². The zero-order valence-electron chi connectivity index (χ0n) is 11.3. The topological polar surface area (TPSA) is 66.8 Å². The van der Waals surface area contributed by atoms with Crippen LogP contribution in [0.15, 0.2) is 18.2 Å². The molecule has 0 aliphatic heterocycles. The molecule has 1 aliphatic carbocycles. The summed E-state index contributed by atoms with van der Waals surface area (Å²) in [5.41, 5.74) is 0.559. The molecule has 0 radical (unpaired) electrons. The first-order chi connectivity index (χ1) is 8.96. The summed E-state index contributed by atoms with van der Waals surface area (Å²) < 4.78 is 4.78. The number of hydrogen-bond acceptors (Lipinski definition) is 4. The van der Waals surface area contributed by atoms with Crippen molar-refractivity contribution in [2.24, 2.45) is 5.92 Å². The van der Waals surface area contributed by atoms with Gasteiger partial charge in [0.2, 0.25) is 0 Å². The standard InChI is InChI=1S/C15H20O4/c1-15(12-9-11(16)3-4-13(12)17)7-5-10(6-8-15)14(18)19-2/h3-4,9-10,16-17H,5-8H2,1-2H3. The predicted molar refractivity (Wildman–Crippen MR) is 71.1 cm³/mol. The number of aromatic hydroxyl groups is 2. The maximum Gasteiger partial charge on any atom is 0.308 e. The minimum absolute atomic E-state index is 0.0440. The monoisotopic (exact) mass is 264 g/mol. The largest absolute Gasteiger partial charge is 0.508 e. The van der Waals surface area contributed by atoms with Gasteiger partial charge in [-0.1, -0.05) is 6.92 Å². The van der Waals surface area contributed by atoms with Gasteiger partial charge in [0, 0.05) is 5.56 Å². The van der Waals surface area contributed by atoms with Crippen LogP contribution in [0.3, 0.4) is 0 Å². The van der Waals surface area contributed by atoms with Crippen molar-refractivity contribution in [1.29, 1.82) is 0 Å². The lowest BCUT2D eigenvalue weighted by Gasteiger charge is -2.37. The van der Waals surface area contributed by atoms with Gasteiger partial charge in [-0.3, -0.25) is 4.79 Å². The van der Waals surface area contributed by atoms with Gasteiger partial charge in [-0.2, -0.15) is 0 Å². The molecule has 1 aromatic carbocycles. The van der Waals surface area contributed by atoms with E-state index >= 15 is 0 Å². The Morgan fingerprint density at radius 3 is 2.53 bits per heavy atom. The van der Waals surface area contributed by atoms with Crippen LogP contribution in [0.1, 0.15) is 38.2 Å². The number of carbonyl (C=O) groups excluding carboxylic acids is 1. The highest BCUT2D eigenvalue weighted by atomic mass is 16.5. The van der Waals surface area contributed by atoms with Crippen molar-refractivity contribution in [2.45, 2.75) is 38.0 Å². The Kier molecular flexibility index (Phi) is 3.69. The van der Waals surface area contributed by atoms with E-state index < -0.39 is 0 Å². The van der Waals surface area contributed by atoms with Crippen molar-refractivity contribution in [3.8, 4) is 11.5 Å². The summed E-state index contributed by atoms with van der Waals surface area (Å²) in [7, 11) is 1.41.